The lowest BCUT2D eigenvalue weighted by atomic mass is 10.3. The van der Waals surface area contributed by atoms with Crippen molar-refractivity contribution in [3.63, 3.8) is 0 Å². The highest BCUT2D eigenvalue weighted by molar-refractivity contribution is 5.48. The zero-order valence-electron chi connectivity index (χ0n) is 10.5. The van der Waals surface area contributed by atoms with Crippen LogP contribution in [0, 0.1) is 0 Å². The summed E-state index contributed by atoms with van der Waals surface area (Å²) in [7, 11) is 2.15. The molecule has 2 heterocycles. The van der Waals surface area contributed by atoms with Crippen molar-refractivity contribution in [3.8, 4) is 5.75 Å². The van der Waals surface area contributed by atoms with Gasteiger partial charge in [-0.25, -0.2) is 0 Å². The number of aromatic nitrogens is 1. The zero-order chi connectivity index (χ0) is 12.1. The van der Waals surface area contributed by atoms with Gasteiger partial charge in [-0.05, 0) is 14.0 Å². The van der Waals surface area contributed by atoms with E-state index in [-0.39, 0.29) is 0 Å². The number of hydrogen-bond acceptors (Lipinski definition) is 4. The van der Waals surface area contributed by atoms with Gasteiger partial charge in [-0.3, -0.25) is 4.98 Å². The summed E-state index contributed by atoms with van der Waals surface area (Å²) in [6.45, 7) is 6.22. The zero-order valence-corrected chi connectivity index (χ0v) is 10.5. The fraction of sp³-hybridized carbons (Fsp3) is 0.462. The van der Waals surface area contributed by atoms with E-state index in [4.69, 9.17) is 4.74 Å². The van der Waals surface area contributed by atoms with Crippen molar-refractivity contribution >= 4 is 5.69 Å². The number of hydrogen-bond donors (Lipinski definition) is 0. The van der Waals surface area contributed by atoms with Gasteiger partial charge in [0, 0.05) is 32.2 Å². The van der Waals surface area contributed by atoms with Crippen molar-refractivity contribution in [1.82, 2.24) is 9.88 Å². The van der Waals surface area contributed by atoms with Gasteiger partial charge in [-0.2, -0.15) is 0 Å². The maximum Gasteiger partial charge on any atom is 0.146 e. The van der Waals surface area contributed by atoms with Crippen LogP contribution >= 0.6 is 0 Å². The summed E-state index contributed by atoms with van der Waals surface area (Å²) < 4.78 is 5.43. The first-order chi connectivity index (χ1) is 8.29. The second-order valence-corrected chi connectivity index (χ2v) is 4.26. The molecular weight excluding hydrogens is 214 g/mol. The van der Waals surface area contributed by atoms with E-state index in [1.165, 1.54) is 0 Å². The van der Waals surface area contributed by atoms with E-state index in [0.717, 1.165) is 37.6 Å². The molecule has 17 heavy (non-hydrogen) atoms. The van der Waals surface area contributed by atoms with Crippen LogP contribution in [0.25, 0.3) is 0 Å². The number of anilines is 1. The monoisotopic (exact) mass is 233 g/mol. The van der Waals surface area contributed by atoms with E-state index in [1.54, 1.807) is 12.5 Å². The molecule has 0 N–H and O–H groups in total. The minimum atomic E-state index is 0.791. The quantitative estimate of drug-likeness (QED) is 0.744. The predicted molar refractivity (Wildman–Crippen MR) is 69.4 cm³/mol. The summed E-state index contributed by atoms with van der Waals surface area (Å²) in [5.74, 6) is 0.791. The molecule has 2 rings (SSSR count). The Hall–Kier alpha value is -1.55. The number of piperazine rings is 1. The lowest BCUT2D eigenvalue weighted by Gasteiger charge is -2.33. The van der Waals surface area contributed by atoms with E-state index in [2.05, 4.69) is 21.8 Å². The Morgan fingerprint density at radius 1 is 1.24 bits per heavy atom. The van der Waals surface area contributed by atoms with Gasteiger partial charge < -0.3 is 14.5 Å². The molecule has 4 nitrogen and oxygen atoms in total. The predicted octanol–water partition coefficient (Wildman–Crippen LogP) is 1.75. The molecule has 1 aromatic rings. The molecule has 92 valence electrons. The van der Waals surface area contributed by atoms with Crippen molar-refractivity contribution in [2.24, 2.45) is 0 Å². The molecule has 0 spiro atoms. The van der Waals surface area contributed by atoms with Crippen LogP contribution in [0.1, 0.15) is 6.92 Å². The van der Waals surface area contributed by atoms with E-state index < -0.39 is 0 Å². The SMILES string of the molecule is CC=COc1cncc(N2CCN(C)CC2)c1. The number of likely N-dealkylation sites (N-methyl/N-ethyl adjacent to an activating group) is 1. The first-order valence-corrected chi connectivity index (χ1v) is 5.96. The third-order valence-electron chi connectivity index (χ3n) is 2.91. The number of pyridine rings is 1. The van der Waals surface area contributed by atoms with E-state index >= 15 is 0 Å². The minimum Gasteiger partial charge on any atom is -0.464 e. The Labute approximate surface area is 103 Å². The number of ether oxygens (including phenoxy) is 1. The first-order valence-electron chi connectivity index (χ1n) is 5.96. The fourth-order valence-corrected chi connectivity index (χ4v) is 1.86. The summed E-state index contributed by atoms with van der Waals surface area (Å²) in [5.41, 5.74) is 1.14. The maximum atomic E-state index is 5.43. The number of allylic oxidation sites excluding steroid dienone is 1. The van der Waals surface area contributed by atoms with Crippen LogP contribution in [0.15, 0.2) is 30.8 Å². The molecule has 0 amide bonds. The van der Waals surface area contributed by atoms with Gasteiger partial charge in [0.25, 0.3) is 0 Å². The smallest absolute Gasteiger partial charge is 0.146 e. The highest BCUT2D eigenvalue weighted by atomic mass is 16.5. The van der Waals surface area contributed by atoms with Crippen LogP contribution in [0.3, 0.4) is 0 Å². The van der Waals surface area contributed by atoms with Crippen LogP contribution in [0.5, 0.6) is 5.75 Å². The van der Waals surface area contributed by atoms with Crippen molar-refractivity contribution in [2.75, 3.05) is 38.1 Å². The Morgan fingerprint density at radius 2 is 2.00 bits per heavy atom. The third kappa shape index (κ3) is 3.20. The van der Waals surface area contributed by atoms with Gasteiger partial charge in [0.2, 0.25) is 0 Å². The molecule has 0 saturated carbocycles. The summed E-state index contributed by atoms with van der Waals surface area (Å²) >= 11 is 0. The van der Waals surface area contributed by atoms with Crippen LogP contribution in [0.2, 0.25) is 0 Å². The summed E-state index contributed by atoms with van der Waals surface area (Å²) in [6.07, 6.45) is 7.17. The average molecular weight is 233 g/mol. The molecule has 1 aromatic heterocycles. The van der Waals surface area contributed by atoms with Crippen LogP contribution in [-0.2, 0) is 0 Å². The largest absolute Gasteiger partial charge is 0.464 e. The normalized spacial score (nSPS) is 17.6. The fourth-order valence-electron chi connectivity index (χ4n) is 1.86. The summed E-state index contributed by atoms with van der Waals surface area (Å²) in [4.78, 5) is 8.90. The number of nitrogens with zero attached hydrogens (tertiary/aromatic N) is 3. The highest BCUT2D eigenvalue weighted by Crippen LogP contribution is 2.20. The Bertz CT molecular complexity index is 384. The Morgan fingerprint density at radius 3 is 2.71 bits per heavy atom. The summed E-state index contributed by atoms with van der Waals surface area (Å²) in [6, 6.07) is 2.04. The Balaban J connectivity index is 2.05. The van der Waals surface area contributed by atoms with Gasteiger partial charge in [0.1, 0.15) is 5.75 Å². The second kappa shape index (κ2) is 5.68. The molecule has 1 aliphatic rings. The topological polar surface area (TPSA) is 28.6 Å². The van der Waals surface area contributed by atoms with Gasteiger partial charge in [-0.1, -0.05) is 6.08 Å². The molecule has 1 saturated heterocycles. The molecule has 4 heteroatoms. The lowest BCUT2D eigenvalue weighted by Crippen LogP contribution is -2.44. The molecule has 0 bridgehead atoms. The molecule has 0 aliphatic carbocycles. The lowest BCUT2D eigenvalue weighted by molar-refractivity contribution is 0.312. The summed E-state index contributed by atoms with van der Waals surface area (Å²) in [5, 5.41) is 0. The Kier molecular flexibility index (Phi) is 3.98. The van der Waals surface area contributed by atoms with Gasteiger partial charge in [0.15, 0.2) is 0 Å². The van der Waals surface area contributed by atoms with Crippen LogP contribution in [0.4, 0.5) is 5.69 Å². The van der Waals surface area contributed by atoms with Gasteiger partial charge in [-0.15, -0.1) is 0 Å². The first kappa shape index (κ1) is 11.9. The van der Waals surface area contributed by atoms with Crippen LogP contribution < -0.4 is 9.64 Å². The van der Waals surface area contributed by atoms with E-state index in [0.29, 0.717) is 0 Å². The standard InChI is InChI=1S/C13H19N3O/c1-3-8-17-13-9-12(10-14-11-13)16-6-4-15(2)5-7-16/h3,8-11H,4-7H2,1-2H3. The molecule has 1 aliphatic heterocycles. The maximum absolute atomic E-state index is 5.43. The number of rotatable bonds is 3. The molecule has 0 radical (unpaired) electrons. The molecule has 1 fully saturated rings. The minimum absolute atomic E-state index is 0.791. The third-order valence-corrected chi connectivity index (χ3v) is 2.91. The molecular formula is C13H19N3O. The van der Waals surface area contributed by atoms with Crippen molar-refractivity contribution in [3.05, 3.63) is 30.8 Å². The van der Waals surface area contributed by atoms with Crippen molar-refractivity contribution < 1.29 is 4.74 Å². The van der Waals surface area contributed by atoms with E-state index in [1.807, 2.05) is 25.3 Å². The average Bonchev–Trinajstić information content (AvgIpc) is 2.37. The molecule has 0 atom stereocenters. The highest BCUT2D eigenvalue weighted by Gasteiger charge is 2.14. The van der Waals surface area contributed by atoms with Crippen LogP contribution in [-0.4, -0.2) is 43.1 Å². The molecule has 0 aromatic carbocycles. The van der Waals surface area contributed by atoms with Crippen molar-refractivity contribution in [2.45, 2.75) is 6.92 Å². The van der Waals surface area contributed by atoms with Crippen molar-refractivity contribution in [1.29, 1.82) is 0 Å². The molecule has 0 unspecified atom stereocenters. The van der Waals surface area contributed by atoms with Gasteiger partial charge >= 0.3 is 0 Å². The van der Waals surface area contributed by atoms with Gasteiger partial charge in [0.05, 0.1) is 24.3 Å². The second-order valence-electron chi connectivity index (χ2n) is 4.26. The van der Waals surface area contributed by atoms with E-state index in [9.17, 15) is 0 Å².